The zero-order chi connectivity index (χ0) is 15.7. The van der Waals surface area contributed by atoms with E-state index in [1.165, 1.54) is 0 Å². The van der Waals surface area contributed by atoms with E-state index in [0.717, 1.165) is 21.9 Å². The van der Waals surface area contributed by atoms with Crippen molar-refractivity contribution in [2.24, 2.45) is 0 Å². The van der Waals surface area contributed by atoms with Crippen LogP contribution in [0.1, 0.15) is 0 Å². The lowest BCUT2D eigenvalue weighted by Crippen LogP contribution is -1.78. The molecule has 0 aliphatic heterocycles. The highest BCUT2D eigenvalue weighted by Gasteiger charge is 2.15. The van der Waals surface area contributed by atoms with Gasteiger partial charge < -0.3 is 17.7 Å². The number of rotatable bonds is 1. The third-order valence-corrected chi connectivity index (χ3v) is 4.10. The summed E-state index contributed by atoms with van der Waals surface area (Å²) < 4.78 is 22.4. The Balaban J connectivity index is 1.58. The van der Waals surface area contributed by atoms with Gasteiger partial charge in [-0.2, -0.15) is 4.98 Å². The van der Waals surface area contributed by atoms with Crippen LogP contribution in [-0.2, 0) is 0 Å². The van der Waals surface area contributed by atoms with Crippen LogP contribution in [0.3, 0.4) is 0 Å². The second kappa shape index (κ2) is 4.05. The lowest BCUT2D eigenvalue weighted by Gasteiger charge is -1.89. The van der Waals surface area contributed by atoms with Gasteiger partial charge in [0.05, 0.1) is 12.5 Å². The lowest BCUT2D eigenvalue weighted by molar-refractivity contribution is 0.558. The van der Waals surface area contributed by atoms with Crippen LogP contribution in [0.4, 0.5) is 0 Å². The number of benzene rings is 1. The number of aromatic nitrogens is 2. The molecular weight excluding hydrogens is 308 g/mol. The molecule has 0 fully saturated rings. The van der Waals surface area contributed by atoms with E-state index in [-0.39, 0.29) is 0 Å². The van der Waals surface area contributed by atoms with Gasteiger partial charge in [-0.05, 0) is 24.3 Å². The van der Waals surface area contributed by atoms with Gasteiger partial charge in [-0.15, -0.1) is 0 Å². The van der Waals surface area contributed by atoms with Crippen LogP contribution in [-0.4, -0.2) is 9.97 Å². The SMILES string of the molecule is c1cc2cc3oc(-c4cc5nc6ccoc6nc5o4)cc3cc2o1. The molecule has 6 nitrogen and oxygen atoms in total. The van der Waals surface area contributed by atoms with Crippen LogP contribution >= 0.6 is 0 Å². The smallest absolute Gasteiger partial charge is 0.249 e. The van der Waals surface area contributed by atoms with Crippen LogP contribution in [0.5, 0.6) is 0 Å². The summed E-state index contributed by atoms with van der Waals surface area (Å²) in [6.45, 7) is 0. The van der Waals surface area contributed by atoms with Crippen molar-refractivity contribution in [1.82, 2.24) is 9.97 Å². The minimum atomic E-state index is 0.418. The molecule has 0 bridgehead atoms. The Bertz CT molecular complexity index is 1160. The molecule has 114 valence electrons. The molecule has 0 aliphatic rings. The number of fused-ring (bicyclic) bond motifs is 4. The summed E-state index contributed by atoms with van der Waals surface area (Å²) in [6, 6.07) is 11.3. The van der Waals surface area contributed by atoms with E-state index in [1.807, 2.05) is 30.3 Å². The minimum absolute atomic E-state index is 0.418. The van der Waals surface area contributed by atoms with Gasteiger partial charge in [0.2, 0.25) is 11.4 Å². The third kappa shape index (κ3) is 1.54. The molecule has 0 saturated carbocycles. The summed E-state index contributed by atoms with van der Waals surface area (Å²) >= 11 is 0. The molecule has 0 spiro atoms. The molecule has 0 atom stereocenters. The largest absolute Gasteiger partial charge is 0.464 e. The number of hydrogen-bond donors (Lipinski definition) is 0. The van der Waals surface area contributed by atoms with Crippen molar-refractivity contribution in [3.8, 4) is 11.5 Å². The molecule has 0 radical (unpaired) electrons. The van der Waals surface area contributed by atoms with Crippen molar-refractivity contribution in [3.05, 3.63) is 48.9 Å². The summed E-state index contributed by atoms with van der Waals surface area (Å²) in [5.74, 6) is 1.19. The topological polar surface area (TPSA) is 78.3 Å². The van der Waals surface area contributed by atoms with Gasteiger partial charge in [-0.1, -0.05) is 0 Å². The number of furan rings is 4. The predicted molar refractivity (Wildman–Crippen MR) is 86.6 cm³/mol. The van der Waals surface area contributed by atoms with Gasteiger partial charge in [-0.3, -0.25) is 0 Å². The van der Waals surface area contributed by atoms with E-state index in [4.69, 9.17) is 17.7 Å². The first kappa shape index (κ1) is 12.0. The van der Waals surface area contributed by atoms with Crippen LogP contribution in [0.15, 0.2) is 66.6 Å². The summed E-state index contributed by atoms with van der Waals surface area (Å²) in [7, 11) is 0. The highest BCUT2D eigenvalue weighted by molar-refractivity contribution is 5.95. The molecule has 24 heavy (non-hydrogen) atoms. The van der Waals surface area contributed by atoms with Crippen molar-refractivity contribution in [2.45, 2.75) is 0 Å². The molecule has 0 amide bonds. The van der Waals surface area contributed by atoms with Crippen LogP contribution < -0.4 is 0 Å². The van der Waals surface area contributed by atoms with E-state index < -0.39 is 0 Å². The first-order chi connectivity index (χ1) is 11.8. The fraction of sp³-hybridized carbons (Fsp3) is 0. The second-order valence-corrected chi connectivity index (χ2v) is 5.59. The normalized spacial score (nSPS) is 12.2. The highest BCUT2D eigenvalue weighted by atomic mass is 16.4. The second-order valence-electron chi connectivity index (χ2n) is 5.59. The quantitative estimate of drug-likeness (QED) is 0.418. The first-order valence-corrected chi connectivity index (χ1v) is 7.39. The van der Waals surface area contributed by atoms with Gasteiger partial charge in [0.15, 0.2) is 11.5 Å². The molecule has 0 N–H and O–H groups in total. The molecule has 0 unspecified atom stereocenters. The maximum absolute atomic E-state index is 5.93. The zero-order valence-electron chi connectivity index (χ0n) is 12.1. The molecule has 6 aromatic rings. The molecule has 6 rings (SSSR count). The fourth-order valence-corrected chi connectivity index (χ4v) is 2.95. The average molecular weight is 316 g/mol. The third-order valence-electron chi connectivity index (χ3n) is 4.10. The Hall–Kier alpha value is -3.54. The van der Waals surface area contributed by atoms with Crippen LogP contribution in [0, 0.1) is 0 Å². The molecule has 6 heteroatoms. The van der Waals surface area contributed by atoms with Crippen molar-refractivity contribution < 1.29 is 17.7 Å². The van der Waals surface area contributed by atoms with E-state index >= 15 is 0 Å². The van der Waals surface area contributed by atoms with E-state index in [1.54, 1.807) is 18.6 Å². The van der Waals surface area contributed by atoms with Gasteiger partial charge in [0, 0.05) is 22.9 Å². The average Bonchev–Trinajstić information content (AvgIpc) is 3.33. The van der Waals surface area contributed by atoms with Gasteiger partial charge in [0.25, 0.3) is 0 Å². The molecule has 1 aromatic carbocycles. The van der Waals surface area contributed by atoms with Crippen molar-refractivity contribution >= 4 is 44.4 Å². The van der Waals surface area contributed by atoms with Gasteiger partial charge in [0.1, 0.15) is 22.2 Å². The van der Waals surface area contributed by atoms with Gasteiger partial charge >= 0.3 is 0 Å². The van der Waals surface area contributed by atoms with Crippen molar-refractivity contribution in [2.75, 3.05) is 0 Å². The maximum atomic E-state index is 5.93. The fourth-order valence-electron chi connectivity index (χ4n) is 2.95. The van der Waals surface area contributed by atoms with E-state index in [9.17, 15) is 0 Å². The minimum Gasteiger partial charge on any atom is -0.464 e. The Labute approximate surface area is 133 Å². The Morgan fingerprint density at radius 2 is 1.50 bits per heavy atom. The Morgan fingerprint density at radius 3 is 2.50 bits per heavy atom. The monoisotopic (exact) mass is 316 g/mol. The highest BCUT2D eigenvalue weighted by Crippen LogP contribution is 2.33. The number of nitrogens with zero attached hydrogens (tertiary/aromatic N) is 2. The molecule has 0 saturated heterocycles. The predicted octanol–water partition coefficient (Wildman–Crippen LogP) is 5.13. The molecular formula is C18H8N2O4. The summed E-state index contributed by atoms with van der Waals surface area (Å²) in [6.07, 6.45) is 3.22. The Morgan fingerprint density at radius 1 is 0.625 bits per heavy atom. The zero-order valence-corrected chi connectivity index (χ0v) is 12.1. The Kier molecular flexibility index (Phi) is 2.02. The molecule has 5 heterocycles. The van der Waals surface area contributed by atoms with E-state index in [0.29, 0.717) is 34.0 Å². The summed E-state index contributed by atoms with van der Waals surface area (Å²) in [5.41, 5.74) is 3.82. The van der Waals surface area contributed by atoms with Crippen molar-refractivity contribution in [3.63, 3.8) is 0 Å². The van der Waals surface area contributed by atoms with E-state index in [2.05, 4.69) is 9.97 Å². The maximum Gasteiger partial charge on any atom is 0.249 e. The van der Waals surface area contributed by atoms with Gasteiger partial charge in [-0.25, -0.2) is 4.98 Å². The van der Waals surface area contributed by atoms with Crippen molar-refractivity contribution in [1.29, 1.82) is 0 Å². The van der Waals surface area contributed by atoms with Crippen LogP contribution in [0.2, 0.25) is 0 Å². The lowest BCUT2D eigenvalue weighted by atomic mass is 10.2. The first-order valence-electron chi connectivity index (χ1n) is 7.39. The number of hydrogen-bond acceptors (Lipinski definition) is 6. The standard InChI is InChI=1S/C18H8N2O4/c1-3-21-13-6-10-7-15(23-14(10)5-9(1)13)16-8-12-18(24-16)20-17-11(19-12)2-4-22-17/h1-8H. The van der Waals surface area contributed by atoms with Crippen LogP contribution in [0.25, 0.3) is 55.9 Å². The molecule has 0 aliphatic carbocycles. The summed E-state index contributed by atoms with van der Waals surface area (Å²) in [5, 5.41) is 1.94. The summed E-state index contributed by atoms with van der Waals surface area (Å²) in [4.78, 5) is 8.79. The molecule has 5 aromatic heterocycles.